The number of ether oxygens (including phenoxy) is 2. The van der Waals surface area contributed by atoms with Crippen molar-refractivity contribution in [2.45, 2.75) is 52.2 Å². The van der Waals surface area contributed by atoms with Crippen LogP contribution >= 0.6 is 23.2 Å². The topological polar surface area (TPSA) is 76.1 Å². The number of amides is 1. The lowest BCUT2D eigenvalue weighted by atomic mass is 9.95. The highest BCUT2D eigenvalue weighted by atomic mass is 35.5. The van der Waals surface area contributed by atoms with Crippen molar-refractivity contribution in [3.8, 4) is 22.6 Å². The SMILES string of the molecule is CC(C)(C)OC(=O)N1CCc2ccc(CC(=O)c3ccc(-c4cc(Cl)c(O)c(Cl)c4)cc3OCc3ccccc3)cc2CC1. The Labute approximate surface area is 268 Å². The minimum absolute atomic E-state index is 0.0784. The van der Waals surface area contributed by atoms with Crippen LogP contribution in [-0.2, 0) is 30.6 Å². The first-order valence-corrected chi connectivity index (χ1v) is 15.3. The Kier molecular flexibility index (Phi) is 9.52. The van der Waals surface area contributed by atoms with E-state index in [0.717, 1.165) is 28.7 Å². The number of aromatic hydroxyl groups is 1. The van der Waals surface area contributed by atoms with Crippen molar-refractivity contribution in [3.05, 3.63) is 117 Å². The van der Waals surface area contributed by atoms with Crippen LogP contribution < -0.4 is 4.74 Å². The predicted molar refractivity (Wildman–Crippen MR) is 174 cm³/mol. The van der Waals surface area contributed by atoms with Gasteiger partial charge in [-0.15, -0.1) is 0 Å². The van der Waals surface area contributed by atoms with Gasteiger partial charge in [-0.1, -0.05) is 77.8 Å². The molecule has 1 aliphatic rings. The zero-order valence-electron chi connectivity index (χ0n) is 25.0. The number of rotatable bonds is 7. The standard InChI is InChI=1S/C36H35Cl2NO5/c1-36(2,3)44-35(42)39-15-13-25-10-9-24(17-27(25)14-16-39)18-32(40)29-12-11-26(28-19-30(37)34(41)31(38)20-28)21-33(29)43-22-23-7-5-4-6-8-23/h4-12,17,19-21,41H,13-16,18,22H2,1-3H3. The molecule has 228 valence electrons. The first kappa shape index (κ1) is 31.4. The Hall–Kier alpha value is -4.00. The Bertz CT molecular complexity index is 1660. The molecule has 0 saturated carbocycles. The summed E-state index contributed by atoms with van der Waals surface area (Å²) in [6.07, 6.45) is 1.31. The third-order valence-corrected chi connectivity index (χ3v) is 8.03. The molecule has 0 bridgehead atoms. The maximum absolute atomic E-state index is 13.7. The fourth-order valence-electron chi connectivity index (χ4n) is 5.20. The number of phenolic OH excluding ortho intramolecular Hbond substituents is 1. The van der Waals surface area contributed by atoms with Crippen LogP contribution in [0.5, 0.6) is 11.5 Å². The number of hydrogen-bond acceptors (Lipinski definition) is 5. The van der Waals surface area contributed by atoms with E-state index in [4.69, 9.17) is 32.7 Å². The highest BCUT2D eigenvalue weighted by Gasteiger charge is 2.24. The number of benzene rings is 4. The quantitative estimate of drug-likeness (QED) is 0.206. The number of carbonyl (C=O) groups is 2. The summed E-state index contributed by atoms with van der Waals surface area (Å²) in [6, 6.07) is 24.5. The molecule has 4 aromatic carbocycles. The van der Waals surface area contributed by atoms with E-state index < -0.39 is 5.60 Å². The molecule has 1 N–H and O–H groups in total. The van der Waals surface area contributed by atoms with Crippen LogP contribution in [0.1, 0.15) is 53.4 Å². The van der Waals surface area contributed by atoms with Gasteiger partial charge in [-0.05, 0) is 91.3 Å². The number of Topliss-reactive ketones (excluding diaryl/α,β-unsaturated/α-hetero) is 1. The molecule has 0 radical (unpaired) electrons. The van der Waals surface area contributed by atoms with Crippen molar-refractivity contribution >= 4 is 35.1 Å². The van der Waals surface area contributed by atoms with E-state index in [-0.39, 0.29) is 40.7 Å². The largest absolute Gasteiger partial charge is 0.505 e. The van der Waals surface area contributed by atoms with Gasteiger partial charge in [-0.25, -0.2) is 4.79 Å². The summed E-state index contributed by atoms with van der Waals surface area (Å²) in [5, 5.41) is 10.3. The van der Waals surface area contributed by atoms with Crippen LogP contribution in [0.25, 0.3) is 11.1 Å². The van der Waals surface area contributed by atoms with Crippen molar-refractivity contribution in [2.24, 2.45) is 0 Å². The van der Waals surface area contributed by atoms with E-state index >= 15 is 0 Å². The summed E-state index contributed by atoms with van der Waals surface area (Å²) >= 11 is 12.4. The molecular weight excluding hydrogens is 597 g/mol. The smallest absolute Gasteiger partial charge is 0.410 e. The molecule has 5 rings (SSSR count). The highest BCUT2D eigenvalue weighted by Crippen LogP contribution is 2.38. The van der Waals surface area contributed by atoms with E-state index in [1.807, 2.05) is 63.2 Å². The maximum atomic E-state index is 13.7. The van der Waals surface area contributed by atoms with Crippen molar-refractivity contribution in [3.63, 3.8) is 0 Å². The number of phenols is 1. The lowest BCUT2D eigenvalue weighted by Crippen LogP contribution is -2.38. The minimum atomic E-state index is -0.546. The fourth-order valence-corrected chi connectivity index (χ4v) is 5.68. The summed E-state index contributed by atoms with van der Waals surface area (Å²) in [7, 11) is 0. The minimum Gasteiger partial charge on any atom is -0.505 e. The molecule has 44 heavy (non-hydrogen) atoms. The molecule has 0 aliphatic carbocycles. The summed E-state index contributed by atoms with van der Waals surface area (Å²) in [6.45, 7) is 7.03. The second-order valence-corrected chi connectivity index (χ2v) is 12.8. The van der Waals surface area contributed by atoms with Crippen molar-refractivity contribution in [1.29, 1.82) is 0 Å². The molecule has 1 amide bonds. The van der Waals surface area contributed by atoms with Crippen LogP contribution in [0.3, 0.4) is 0 Å². The zero-order valence-corrected chi connectivity index (χ0v) is 26.5. The first-order valence-electron chi connectivity index (χ1n) is 14.6. The van der Waals surface area contributed by atoms with E-state index in [2.05, 4.69) is 12.1 Å². The molecule has 1 heterocycles. The van der Waals surface area contributed by atoms with E-state index in [0.29, 0.717) is 36.4 Å². The number of hydrogen-bond donors (Lipinski definition) is 1. The number of nitrogens with zero attached hydrogens (tertiary/aromatic N) is 1. The normalized spacial score (nSPS) is 13.2. The molecule has 0 spiro atoms. The van der Waals surface area contributed by atoms with Gasteiger partial charge in [0.2, 0.25) is 0 Å². The predicted octanol–water partition coefficient (Wildman–Crippen LogP) is 8.71. The van der Waals surface area contributed by atoms with Crippen molar-refractivity contribution < 1.29 is 24.2 Å². The molecule has 0 saturated heterocycles. The molecule has 4 aromatic rings. The molecule has 0 fully saturated rings. The van der Waals surface area contributed by atoms with E-state index in [1.54, 1.807) is 29.2 Å². The van der Waals surface area contributed by atoms with Gasteiger partial charge in [0.05, 0.1) is 15.6 Å². The summed E-state index contributed by atoms with van der Waals surface area (Å²) in [5.74, 6) is 0.188. The second kappa shape index (κ2) is 13.3. The Morgan fingerprint density at radius 3 is 2.18 bits per heavy atom. The monoisotopic (exact) mass is 631 g/mol. The van der Waals surface area contributed by atoms with Gasteiger partial charge < -0.3 is 19.5 Å². The highest BCUT2D eigenvalue weighted by molar-refractivity contribution is 6.37. The summed E-state index contributed by atoms with van der Waals surface area (Å²) < 4.78 is 11.8. The van der Waals surface area contributed by atoms with Gasteiger partial charge in [0.1, 0.15) is 18.0 Å². The molecular formula is C36H35Cl2NO5. The van der Waals surface area contributed by atoms with Gasteiger partial charge in [0.15, 0.2) is 11.5 Å². The average molecular weight is 633 g/mol. The molecule has 8 heteroatoms. The third kappa shape index (κ3) is 7.74. The molecule has 0 unspecified atom stereocenters. The average Bonchev–Trinajstić information content (AvgIpc) is 3.20. The Morgan fingerprint density at radius 1 is 0.818 bits per heavy atom. The number of carbonyl (C=O) groups excluding carboxylic acids is 2. The number of ketones is 1. The van der Waals surface area contributed by atoms with Gasteiger partial charge in [0, 0.05) is 19.5 Å². The van der Waals surface area contributed by atoms with Crippen LogP contribution in [0.2, 0.25) is 10.0 Å². The molecule has 6 nitrogen and oxygen atoms in total. The zero-order chi connectivity index (χ0) is 31.4. The lowest BCUT2D eigenvalue weighted by Gasteiger charge is -2.26. The van der Waals surface area contributed by atoms with Crippen LogP contribution in [0.15, 0.2) is 78.9 Å². The van der Waals surface area contributed by atoms with Gasteiger partial charge in [-0.2, -0.15) is 0 Å². The fraction of sp³-hybridized carbons (Fsp3) is 0.278. The van der Waals surface area contributed by atoms with Crippen LogP contribution in [0, 0.1) is 0 Å². The van der Waals surface area contributed by atoms with Gasteiger partial charge in [-0.3, -0.25) is 4.79 Å². The van der Waals surface area contributed by atoms with Gasteiger partial charge >= 0.3 is 6.09 Å². The first-order chi connectivity index (χ1) is 21.0. The van der Waals surface area contributed by atoms with E-state index in [1.165, 1.54) is 5.56 Å². The summed E-state index contributed by atoms with van der Waals surface area (Å²) in [5.41, 5.74) is 5.53. The Morgan fingerprint density at radius 2 is 1.50 bits per heavy atom. The maximum Gasteiger partial charge on any atom is 0.410 e. The summed E-state index contributed by atoms with van der Waals surface area (Å²) in [4.78, 5) is 28.1. The van der Waals surface area contributed by atoms with Crippen LogP contribution in [0.4, 0.5) is 4.79 Å². The van der Waals surface area contributed by atoms with Crippen molar-refractivity contribution in [1.82, 2.24) is 4.90 Å². The molecule has 1 aliphatic heterocycles. The molecule has 0 aromatic heterocycles. The number of fused-ring (bicyclic) bond motifs is 1. The molecule has 0 atom stereocenters. The second-order valence-electron chi connectivity index (χ2n) is 11.9. The number of halogens is 2. The van der Waals surface area contributed by atoms with Crippen molar-refractivity contribution in [2.75, 3.05) is 13.1 Å². The van der Waals surface area contributed by atoms with Gasteiger partial charge in [0.25, 0.3) is 0 Å². The van der Waals surface area contributed by atoms with E-state index in [9.17, 15) is 14.7 Å². The Balaban J connectivity index is 1.37. The lowest BCUT2D eigenvalue weighted by molar-refractivity contribution is 0.0258. The third-order valence-electron chi connectivity index (χ3n) is 7.46. The van der Waals surface area contributed by atoms with Crippen LogP contribution in [-0.4, -0.2) is 40.6 Å².